The van der Waals surface area contributed by atoms with E-state index in [1.165, 1.54) is 12.8 Å². The van der Waals surface area contributed by atoms with Gasteiger partial charge in [0.2, 0.25) is 5.89 Å². The summed E-state index contributed by atoms with van der Waals surface area (Å²) in [6, 6.07) is 0.225. The average molecular weight is 303 g/mol. The fraction of sp³-hybridized carbons (Fsp3) is 0.786. The van der Waals surface area contributed by atoms with Gasteiger partial charge in [-0.3, -0.25) is 4.90 Å². The molecule has 0 radical (unpaired) electrons. The lowest BCUT2D eigenvalue weighted by Crippen LogP contribution is -2.25. The topological polar surface area (TPSA) is 85.8 Å². The predicted molar refractivity (Wildman–Crippen MR) is 76.8 cm³/mol. The SMILES string of the molecule is CCCn1nnnc1CN1CCCC1c1noc(C2CC2)n1. The fourth-order valence-corrected chi connectivity index (χ4v) is 3.09. The number of hydrogen-bond acceptors (Lipinski definition) is 7. The molecule has 0 spiro atoms. The third-order valence-electron chi connectivity index (χ3n) is 4.43. The Morgan fingerprint density at radius 3 is 3.00 bits per heavy atom. The van der Waals surface area contributed by atoms with E-state index >= 15 is 0 Å². The molecule has 0 bridgehead atoms. The second kappa shape index (κ2) is 5.75. The Balaban J connectivity index is 1.49. The number of aryl methyl sites for hydroxylation is 1. The van der Waals surface area contributed by atoms with Crippen LogP contribution in [0.3, 0.4) is 0 Å². The monoisotopic (exact) mass is 303 g/mol. The highest BCUT2D eigenvalue weighted by molar-refractivity contribution is 5.05. The molecular weight excluding hydrogens is 282 g/mol. The van der Waals surface area contributed by atoms with Crippen LogP contribution in [-0.2, 0) is 13.1 Å². The summed E-state index contributed by atoms with van der Waals surface area (Å²) in [6.45, 7) is 4.75. The molecule has 2 fully saturated rings. The minimum absolute atomic E-state index is 0.225. The van der Waals surface area contributed by atoms with E-state index in [1.54, 1.807) is 0 Å². The van der Waals surface area contributed by atoms with Gasteiger partial charge in [0, 0.05) is 12.5 Å². The van der Waals surface area contributed by atoms with Crippen molar-refractivity contribution >= 4 is 0 Å². The third-order valence-corrected chi connectivity index (χ3v) is 4.43. The zero-order chi connectivity index (χ0) is 14.9. The van der Waals surface area contributed by atoms with E-state index in [0.717, 1.165) is 56.4 Å². The fourth-order valence-electron chi connectivity index (χ4n) is 3.09. The molecule has 1 unspecified atom stereocenters. The van der Waals surface area contributed by atoms with Crippen molar-refractivity contribution in [2.24, 2.45) is 0 Å². The Labute approximate surface area is 128 Å². The molecule has 2 aromatic rings. The maximum atomic E-state index is 5.41. The van der Waals surface area contributed by atoms with E-state index in [9.17, 15) is 0 Å². The quantitative estimate of drug-likeness (QED) is 0.802. The Morgan fingerprint density at radius 2 is 2.18 bits per heavy atom. The van der Waals surface area contributed by atoms with Crippen LogP contribution in [0.25, 0.3) is 0 Å². The highest BCUT2D eigenvalue weighted by Gasteiger charge is 2.34. The molecule has 1 aliphatic heterocycles. The summed E-state index contributed by atoms with van der Waals surface area (Å²) in [4.78, 5) is 6.98. The molecule has 3 heterocycles. The minimum atomic E-state index is 0.225. The van der Waals surface area contributed by atoms with Gasteiger partial charge in [0.05, 0.1) is 12.6 Å². The van der Waals surface area contributed by atoms with Gasteiger partial charge in [-0.25, -0.2) is 4.68 Å². The first-order valence-electron chi connectivity index (χ1n) is 8.17. The smallest absolute Gasteiger partial charge is 0.229 e. The summed E-state index contributed by atoms with van der Waals surface area (Å²) in [5.41, 5.74) is 0. The molecule has 118 valence electrons. The molecule has 8 heteroatoms. The maximum Gasteiger partial charge on any atom is 0.229 e. The molecule has 8 nitrogen and oxygen atoms in total. The minimum Gasteiger partial charge on any atom is -0.339 e. The lowest BCUT2D eigenvalue weighted by Gasteiger charge is -2.20. The van der Waals surface area contributed by atoms with Crippen molar-refractivity contribution in [3.8, 4) is 0 Å². The van der Waals surface area contributed by atoms with E-state index in [-0.39, 0.29) is 6.04 Å². The Morgan fingerprint density at radius 1 is 1.27 bits per heavy atom. The van der Waals surface area contributed by atoms with Crippen LogP contribution in [0.1, 0.15) is 68.5 Å². The largest absolute Gasteiger partial charge is 0.339 e. The summed E-state index contributed by atoms with van der Waals surface area (Å²) < 4.78 is 7.30. The van der Waals surface area contributed by atoms with E-state index in [2.05, 4.69) is 37.5 Å². The Kier molecular flexibility index (Phi) is 3.61. The molecule has 0 aromatic carbocycles. The normalized spacial score (nSPS) is 22.5. The summed E-state index contributed by atoms with van der Waals surface area (Å²) in [5, 5.41) is 16.2. The van der Waals surface area contributed by atoms with Crippen molar-refractivity contribution in [2.75, 3.05) is 6.54 Å². The van der Waals surface area contributed by atoms with E-state index in [0.29, 0.717) is 5.92 Å². The van der Waals surface area contributed by atoms with Crippen molar-refractivity contribution in [1.82, 2.24) is 35.2 Å². The molecule has 0 amide bonds. The second-order valence-electron chi connectivity index (χ2n) is 6.21. The molecular formula is C14H21N7O. The zero-order valence-corrected chi connectivity index (χ0v) is 12.9. The molecule has 22 heavy (non-hydrogen) atoms. The molecule has 1 aliphatic carbocycles. The van der Waals surface area contributed by atoms with Crippen LogP contribution < -0.4 is 0 Å². The van der Waals surface area contributed by atoms with E-state index in [1.807, 2.05) is 4.68 Å². The van der Waals surface area contributed by atoms with Gasteiger partial charge in [-0.2, -0.15) is 4.98 Å². The molecule has 2 aromatic heterocycles. The molecule has 1 saturated heterocycles. The highest BCUT2D eigenvalue weighted by atomic mass is 16.5. The second-order valence-corrected chi connectivity index (χ2v) is 6.21. The number of nitrogens with zero attached hydrogens (tertiary/aromatic N) is 7. The number of rotatable bonds is 6. The maximum absolute atomic E-state index is 5.41. The first-order valence-corrected chi connectivity index (χ1v) is 8.17. The van der Waals surface area contributed by atoms with Gasteiger partial charge in [-0.15, -0.1) is 5.10 Å². The van der Waals surface area contributed by atoms with Crippen LogP contribution >= 0.6 is 0 Å². The first kappa shape index (κ1) is 13.8. The number of tetrazole rings is 1. The lowest BCUT2D eigenvalue weighted by molar-refractivity contribution is 0.224. The number of aromatic nitrogens is 6. The van der Waals surface area contributed by atoms with Gasteiger partial charge in [-0.1, -0.05) is 12.1 Å². The Bertz CT molecular complexity index is 633. The first-order chi connectivity index (χ1) is 10.8. The molecule has 1 atom stereocenters. The van der Waals surface area contributed by atoms with Gasteiger partial charge in [0.15, 0.2) is 11.6 Å². The summed E-state index contributed by atoms with van der Waals surface area (Å²) in [6.07, 6.45) is 5.60. The van der Waals surface area contributed by atoms with Gasteiger partial charge >= 0.3 is 0 Å². The van der Waals surface area contributed by atoms with Gasteiger partial charge < -0.3 is 4.52 Å². The van der Waals surface area contributed by atoms with Crippen LogP contribution in [-0.4, -0.2) is 41.8 Å². The summed E-state index contributed by atoms with van der Waals surface area (Å²) in [5.74, 6) is 3.07. The highest BCUT2D eigenvalue weighted by Crippen LogP contribution is 2.40. The number of likely N-dealkylation sites (tertiary alicyclic amines) is 1. The van der Waals surface area contributed by atoms with Crippen LogP contribution in [0.5, 0.6) is 0 Å². The molecule has 4 rings (SSSR count). The molecule has 1 saturated carbocycles. The zero-order valence-electron chi connectivity index (χ0n) is 12.9. The molecule has 0 N–H and O–H groups in total. The van der Waals surface area contributed by atoms with Gasteiger partial charge in [0.1, 0.15) is 0 Å². The standard InChI is InChI=1S/C14H21N7O/c1-2-7-21-12(16-18-19-21)9-20-8-3-4-11(20)13-15-14(22-17-13)10-5-6-10/h10-11H,2-9H2,1H3. The lowest BCUT2D eigenvalue weighted by atomic mass is 10.2. The molecule has 2 aliphatic rings. The predicted octanol–water partition coefficient (Wildman–Crippen LogP) is 1.68. The Hall–Kier alpha value is -1.83. The van der Waals surface area contributed by atoms with E-state index < -0.39 is 0 Å². The van der Waals surface area contributed by atoms with Crippen LogP contribution in [0.15, 0.2) is 4.52 Å². The van der Waals surface area contributed by atoms with Crippen LogP contribution in [0.4, 0.5) is 0 Å². The van der Waals surface area contributed by atoms with Gasteiger partial charge in [-0.05, 0) is 49.1 Å². The summed E-state index contributed by atoms with van der Waals surface area (Å²) >= 11 is 0. The van der Waals surface area contributed by atoms with Crippen molar-refractivity contribution in [2.45, 2.75) is 64.1 Å². The third kappa shape index (κ3) is 2.63. The van der Waals surface area contributed by atoms with E-state index in [4.69, 9.17) is 4.52 Å². The average Bonchev–Trinajstić information content (AvgIpc) is 2.92. The van der Waals surface area contributed by atoms with Crippen LogP contribution in [0.2, 0.25) is 0 Å². The number of hydrogen-bond donors (Lipinski definition) is 0. The van der Waals surface area contributed by atoms with Crippen molar-refractivity contribution in [3.63, 3.8) is 0 Å². The summed E-state index contributed by atoms with van der Waals surface area (Å²) in [7, 11) is 0. The van der Waals surface area contributed by atoms with Crippen LogP contribution in [0, 0.1) is 0 Å². The van der Waals surface area contributed by atoms with Gasteiger partial charge in [0.25, 0.3) is 0 Å². The van der Waals surface area contributed by atoms with Crippen molar-refractivity contribution < 1.29 is 4.52 Å². The van der Waals surface area contributed by atoms with Crippen molar-refractivity contribution in [3.05, 3.63) is 17.5 Å². The van der Waals surface area contributed by atoms with Crippen molar-refractivity contribution in [1.29, 1.82) is 0 Å².